The number of hydrogen-bond donors (Lipinski definition) is 2. The number of ether oxygens (including phenoxy) is 1. The maximum Gasteiger partial charge on any atom is 0.144 e. The number of aliphatic hydroxyl groups excluding tert-OH is 2. The lowest BCUT2D eigenvalue weighted by molar-refractivity contribution is -0.0429. The lowest BCUT2D eigenvalue weighted by Crippen LogP contribution is -2.50. The van der Waals surface area contributed by atoms with Crippen LogP contribution >= 0.6 is 0 Å². The van der Waals surface area contributed by atoms with E-state index in [1.54, 1.807) is 12.7 Å². The molecule has 8 atom stereocenters. The molecule has 7 nitrogen and oxygen atoms in total. The maximum atomic E-state index is 10.8. The Balaban J connectivity index is 0.998. The summed E-state index contributed by atoms with van der Waals surface area (Å²) < 4.78 is 5.54. The van der Waals surface area contributed by atoms with Crippen molar-refractivity contribution in [3.8, 4) is 5.75 Å². The van der Waals surface area contributed by atoms with Crippen molar-refractivity contribution in [2.24, 2.45) is 39.7 Å². The molecule has 3 saturated carbocycles. The maximum absolute atomic E-state index is 10.8. The van der Waals surface area contributed by atoms with Gasteiger partial charge >= 0.3 is 0 Å². The Kier molecular flexibility index (Phi) is 8.65. The molecule has 7 heteroatoms. The molecule has 0 amide bonds. The van der Waals surface area contributed by atoms with Crippen molar-refractivity contribution in [2.75, 3.05) is 51.3 Å². The van der Waals surface area contributed by atoms with Crippen LogP contribution in [0.2, 0.25) is 0 Å². The van der Waals surface area contributed by atoms with Gasteiger partial charge in [0.15, 0.2) is 0 Å². The monoisotopic (exact) mass is 579 g/mol. The molecule has 1 saturated heterocycles. The number of piperazine rings is 1. The van der Waals surface area contributed by atoms with Crippen LogP contribution < -0.4 is 9.64 Å². The number of rotatable bonds is 8. The van der Waals surface area contributed by atoms with E-state index >= 15 is 0 Å². The smallest absolute Gasteiger partial charge is 0.144 e. The highest BCUT2D eigenvalue weighted by molar-refractivity contribution is 5.85. The molecular weight excluding hydrogens is 526 g/mol. The van der Waals surface area contributed by atoms with Crippen molar-refractivity contribution in [3.63, 3.8) is 0 Å². The predicted molar refractivity (Wildman–Crippen MR) is 168 cm³/mol. The quantitative estimate of drug-likeness (QED) is 0.240. The minimum atomic E-state index is -0.556. The van der Waals surface area contributed by atoms with E-state index in [9.17, 15) is 10.2 Å². The second-order valence-electron chi connectivity index (χ2n) is 14.5. The van der Waals surface area contributed by atoms with Crippen molar-refractivity contribution in [1.29, 1.82) is 0 Å². The second kappa shape index (κ2) is 12.1. The number of aliphatic hydroxyl groups is 2. The highest BCUT2D eigenvalue weighted by Gasteiger charge is 2.59. The van der Waals surface area contributed by atoms with Gasteiger partial charge in [0.05, 0.1) is 24.6 Å². The summed E-state index contributed by atoms with van der Waals surface area (Å²) in [5.41, 5.74) is 4.34. The minimum Gasteiger partial charge on any atom is -0.495 e. The molecule has 1 aromatic rings. The van der Waals surface area contributed by atoms with Gasteiger partial charge in [0.25, 0.3) is 0 Å². The number of fused-ring (bicyclic) bond motifs is 5. The summed E-state index contributed by atoms with van der Waals surface area (Å²) in [6.07, 6.45) is 11.0. The summed E-state index contributed by atoms with van der Waals surface area (Å²) in [6, 6.07) is 8.18. The first-order valence-corrected chi connectivity index (χ1v) is 16.6. The third-order valence-corrected chi connectivity index (χ3v) is 12.3. The number of benzene rings is 1. The molecule has 1 aliphatic heterocycles. The Morgan fingerprint density at radius 2 is 1.83 bits per heavy atom. The summed E-state index contributed by atoms with van der Waals surface area (Å²) in [6.45, 7) is 11.6. The Labute approximate surface area is 252 Å². The molecule has 42 heavy (non-hydrogen) atoms. The third-order valence-electron chi connectivity index (χ3n) is 12.3. The number of methoxy groups -OCH3 is 1. The fourth-order valence-corrected chi connectivity index (χ4v) is 10.0. The topological polar surface area (TPSA) is 77.8 Å². The van der Waals surface area contributed by atoms with Crippen molar-refractivity contribution in [2.45, 2.75) is 84.3 Å². The highest BCUT2D eigenvalue weighted by Crippen LogP contribution is 2.66. The van der Waals surface area contributed by atoms with Gasteiger partial charge in [-0.05, 0) is 99.0 Å². The van der Waals surface area contributed by atoms with Gasteiger partial charge in [0.1, 0.15) is 18.5 Å². The number of oxime groups is 1. The molecule has 8 unspecified atom stereocenters. The van der Waals surface area contributed by atoms with E-state index in [-0.39, 0.29) is 23.5 Å². The second-order valence-corrected chi connectivity index (χ2v) is 14.5. The SMILES string of the molecule is COc1ccccc1N1CCN(CC(O)CON=C(C)C2CCC3C4CC=C5CC(O)CCC5(C)C4CCC23C)CC1. The molecule has 0 bridgehead atoms. The number of allylic oxidation sites excluding steroid dienone is 1. The molecule has 4 aliphatic carbocycles. The van der Waals surface area contributed by atoms with E-state index in [4.69, 9.17) is 9.57 Å². The predicted octanol–water partition coefficient (Wildman–Crippen LogP) is 5.51. The van der Waals surface area contributed by atoms with Crippen LogP contribution in [-0.2, 0) is 4.84 Å². The summed E-state index contributed by atoms with van der Waals surface area (Å²) in [5, 5.41) is 25.7. The van der Waals surface area contributed by atoms with Gasteiger partial charge in [-0.15, -0.1) is 0 Å². The van der Waals surface area contributed by atoms with Crippen LogP contribution in [0.5, 0.6) is 5.75 Å². The fraction of sp³-hybridized carbons (Fsp3) is 0.743. The Morgan fingerprint density at radius 3 is 2.62 bits per heavy atom. The van der Waals surface area contributed by atoms with Crippen molar-refractivity contribution in [3.05, 3.63) is 35.9 Å². The Bertz CT molecular complexity index is 1160. The first-order valence-electron chi connectivity index (χ1n) is 16.6. The van der Waals surface area contributed by atoms with Gasteiger partial charge in [-0.1, -0.05) is 42.8 Å². The van der Waals surface area contributed by atoms with Crippen molar-refractivity contribution in [1.82, 2.24) is 4.90 Å². The summed E-state index contributed by atoms with van der Waals surface area (Å²) in [7, 11) is 1.72. The number of nitrogens with zero attached hydrogens (tertiary/aromatic N) is 3. The van der Waals surface area contributed by atoms with Crippen molar-refractivity contribution >= 4 is 11.4 Å². The van der Waals surface area contributed by atoms with E-state index < -0.39 is 6.10 Å². The average molecular weight is 580 g/mol. The van der Waals surface area contributed by atoms with Crippen LogP contribution in [0.3, 0.4) is 0 Å². The Morgan fingerprint density at radius 1 is 1.05 bits per heavy atom. The molecule has 0 radical (unpaired) electrons. The summed E-state index contributed by atoms with van der Waals surface area (Å²) in [5.74, 6) is 3.59. The molecule has 0 aromatic heterocycles. The number of β-amino-alcohol motifs (C(OH)–C–C–N with tert-alkyl or cyclic N) is 1. The van der Waals surface area contributed by atoms with Crippen LogP contribution in [0.15, 0.2) is 41.1 Å². The van der Waals surface area contributed by atoms with Gasteiger partial charge in [-0.3, -0.25) is 4.90 Å². The van der Waals surface area contributed by atoms with Crippen LogP contribution in [0.1, 0.15) is 72.1 Å². The molecule has 232 valence electrons. The number of para-hydroxylation sites is 2. The summed E-state index contributed by atoms with van der Waals surface area (Å²) >= 11 is 0. The van der Waals surface area contributed by atoms with Crippen LogP contribution in [-0.4, -0.2) is 79.5 Å². The molecular formula is C35H53N3O4. The normalized spacial score (nSPS) is 37.8. The molecule has 2 N–H and O–H groups in total. The minimum absolute atomic E-state index is 0.141. The molecule has 1 heterocycles. The van der Waals surface area contributed by atoms with Gasteiger partial charge < -0.3 is 24.7 Å². The van der Waals surface area contributed by atoms with E-state index in [1.165, 1.54) is 32.1 Å². The van der Waals surface area contributed by atoms with E-state index in [2.05, 4.69) is 53.9 Å². The highest BCUT2D eigenvalue weighted by atomic mass is 16.6. The molecule has 5 aliphatic rings. The standard InChI is InChI=1S/C35H53N3O4/c1-24(36-42-23-27(40)22-37-17-19-38(20-18-37)32-7-5-6-8-33(32)41-4)29-11-12-30-28-10-9-25-21-26(39)13-15-34(25,2)31(28)14-16-35(29,30)3/h5-9,26-31,39-40H,10-23H2,1-4H3. The third kappa shape index (κ3) is 5.50. The van der Waals surface area contributed by atoms with Gasteiger partial charge in [0.2, 0.25) is 0 Å². The van der Waals surface area contributed by atoms with E-state index in [0.29, 0.717) is 12.5 Å². The fourth-order valence-electron chi connectivity index (χ4n) is 10.0. The zero-order valence-electron chi connectivity index (χ0n) is 26.3. The summed E-state index contributed by atoms with van der Waals surface area (Å²) in [4.78, 5) is 10.5. The van der Waals surface area contributed by atoms with Crippen molar-refractivity contribution < 1.29 is 19.8 Å². The number of anilines is 1. The first-order chi connectivity index (χ1) is 20.2. The largest absolute Gasteiger partial charge is 0.495 e. The lowest BCUT2D eigenvalue weighted by Gasteiger charge is -2.58. The lowest BCUT2D eigenvalue weighted by atomic mass is 9.47. The van der Waals surface area contributed by atoms with E-state index in [0.717, 1.165) is 80.3 Å². The number of hydrogen-bond acceptors (Lipinski definition) is 7. The average Bonchev–Trinajstić information content (AvgIpc) is 3.35. The molecule has 1 aromatic carbocycles. The molecule has 0 spiro atoms. The van der Waals surface area contributed by atoms with Gasteiger partial charge in [-0.2, -0.15) is 0 Å². The Hall–Kier alpha value is -2.09. The van der Waals surface area contributed by atoms with Crippen LogP contribution in [0.4, 0.5) is 5.69 Å². The van der Waals surface area contributed by atoms with Crippen LogP contribution in [0, 0.1) is 34.5 Å². The molecule has 4 fully saturated rings. The molecule has 6 rings (SSSR count). The van der Waals surface area contributed by atoms with E-state index in [1.807, 2.05) is 12.1 Å². The van der Waals surface area contributed by atoms with Crippen LogP contribution in [0.25, 0.3) is 0 Å². The first kappa shape index (κ1) is 30.0. The zero-order chi connectivity index (χ0) is 29.5. The zero-order valence-corrected chi connectivity index (χ0v) is 26.3. The van der Waals surface area contributed by atoms with Gasteiger partial charge in [0, 0.05) is 38.6 Å². The van der Waals surface area contributed by atoms with Gasteiger partial charge in [-0.25, -0.2) is 0 Å².